The van der Waals surface area contributed by atoms with Gasteiger partial charge in [0.2, 0.25) is 0 Å². The number of hydrogen-bond donors (Lipinski definition) is 0. The summed E-state index contributed by atoms with van der Waals surface area (Å²) in [5, 5.41) is 2.36. The number of fused-ring (bicyclic) bond motifs is 4. The molecule has 7 aromatic carbocycles. The number of para-hydroxylation sites is 1. The maximum atomic E-state index is 8.83. The highest BCUT2D eigenvalue weighted by atomic mass is 16.3. The number of rotatable bonds is 5. The average Bonchev–Trinajstić information content (AvgIpc) is 3.65. The molecule has 9 aromatic rings. The third kappa shape index (κ3) is 4.93. The number of nitrogens with zero attached hydrogens (tertiary/aromatic N) is 3. The van der Waals surface area contributed by atoms with Gasteiger partial charge in [-0.15, -0.1) is 0 Å². The Morgan fingerprint density at radius 2 is 1.00 bits per heavy atom. The first kappa shape index (κ1) is 15.7. The second-order valence-corrected chi connectivity index (χ2v) is 10.6. The van der Waals surface area contributed by atoms with Crippen molar-refractivity contribution in [3.05, 3.63) is 163 Å². The van der Waals surface area contributed by atoms with Crippen LogP contribution in [0, 0.1) is 0 Å². The normalized spacial score (nSPS) is 15.9. The highest BCUT2D eigenvalue weighted by Gasteiger charge is 2.19. The predicted molar refractivity (Wildman–Crippen MR) is 192 cm³/mol. The first-order valence-corrected chi connectivity index (χ1v) is 14.5. The monoisotopic (exact) mass is 616 g/mol. The molecule has 0 spiro atoms. The largest absolute Gasteiger partial charge is 0.456 e. The molecule has 0 aliphatic carbocycles. The van der Waals surface area contributed by atoms with E-state index in [2.05, 4.69) is 4.98 Å². The fraction of sp³-hybridized carbons (Fsp3) is 0. The van der Waals surface area contributed by atoms with Crippen LogP contribution in [0.15, 0.2) is 168 Å². The SMILES string of the molecule is [2H]c1c([2H])c([2H])c(-c2ccc3ccc(-c4nc(-c5c([2H])c([2H])c([2H])c([2H])c5[2H])nc(-c5cc(-c6c([2H])c([2H])c([2H])c([2H])c6[2H])cc6oc7ccccc7c56)n4)cc3c2)c([2H])c1[2H]. The van der Waals surface area contributed by atoms with Gasteiger partial charge in [0, 0.05) is 27.5 Å². The average molecular weight is 617 g/mol. The van der Waals surface area contributed by atoms with Crippen molar-refractivity contribution in [3.63, 3.8) is 0 Å². The lowest BCUT2D eigenvalue weighted by Crippen LogP contribution is -2.00. The van der Waals surface area contributed by atoms with Crippen LogP contribution in [0.3, 0.4) is 0 Å². The first-order valence-electron chi connectivity index (χ1n) is 22.0. The molecule has 2 aromatic heterocycles. The summed E-state index contributed by atoms with van der Waals surface area (Å²) in [5.41, 5.74) is 1.39. The molecule has 0 atom stereocenters. The molecule has 2 heterocycles. The Hall–Kier alpha value is -6.39. The second kappa shape index (κ2) is 11.2. The van der Waals surface area contributed by atoms with E-state index in [1.54, 1.807) is 72.8 Å². The summed E-state index contributed by atoms with van der Waals surface area (Å²) in [6, 6.07) is 12.5. The van der Waals surface area contributed by atoms with Crippen LogP contribution in [0.1, 0.15) is 20.6 Å². The Morgan fingerprint density at radius 3 is 1.72 bits per heavy atom. The summed E-state index contributed by atoms with van der Waals surface area (Å²) >= 11 is 0. The van der Waals surface area contributed by atoms with Gasteiger partial charge in [0.15, 0.2) is 17.5 Å². The number of benzene rings is 7. The third-order valence-corrected chi connectivity index (χ3v) is 7.75. The predicted octanol–water partition coefficient (Wildman–Crippen LogP) is 11.3. The zero-order valence-electron chi connectivity index (χ0n) is 39.2. The third-order valence-electron chi connectivity index (χ3n) is 7.75. The molecule has 0 saturated heterocycles. The Bertz CT molecular complexity index is 3360. The number of hydrogen-bond acceptors (Lipinski definition) is 4. The molecule has 0 radical (unpaired) electrons. The maximum Gasteiger partial charge on any atom is 0.164 e. The van der Waals surface area contributed by atoms with Crippen molar-refractivity contribution < 1.29 is 25.0 Å². The van der Waals surface area contributed by atoms with Gasteiger partial charge in [-0.2, -0.15) is 0 Å². The zero-order chi connectivity index (χ0) is 44.2. The van der Waals surface area contributed by atoms with Crippen LogP contribution in [0.2, 0.25) is 0 Å². The van der Waals surface area contributed by atoms with E-state index in [9.17, 15) is 0 Å². The first-order chi connectivity index (χ1) is 29.5. The smallest absolute Gasteiger partial charge is 0.164 e. The molecule has 4 heteroatoms. The molecule has 0 bridgehead atoms. The summed E-state index contributed by atoms with van der Waals surface area (Å²) in [4.78, 5) is 14.3. The lowest BCUT2D eigenvalue weighted by atomic mass is 9.98. The fourth-order valence-corrected chi connectivity index (χ4v) is 5.60. The summed E-state index contributed by atoms with van der Waals surface area (Å²) in [7, 11) is 0. The van der Waals surface area contributed by atoms with Crippen LogP contribution < -0.4 is 0 Å². The van der Waals surface area contributed by atoms with E-state index in [1.165, 1.54) is 0 Å². The molecule has 0 aliphatic rings. The van der Waals surface area contributed by atoms with Crippen molar-refractivity contribution in [2.75, 3.05) is 0 Å². The van der Waals surface area contributed by atoms with E-state index in [0.717, 1.165) is 0 Å². The van der Waals surface area contributed by atoms with Crippen LogP contribution in [0.5, 0.6) is 0 Å². The lowest BCUT2D eigenvalue weighted by Gasteiger charge is -2.12. The van der Waals surface area contributed by atoms with Crippen molar-refractivity contribution in [2.45, 2.75) is 0 Å². The number of furan rings is 1. The molecule has 0 N–H and O–H groups in total. The van der Waals surface area contributed by atoms with E-state index in [0.29, 0.717) is 38.3 Å². The van der Waals surface area contributed by atoms with E-state index in [-0.39, 0.29) is 63.0 Å². The molecule has 9 rings (SSSR count). The molecule has 0 aliphatic heterocycles. The zero-order valence-corrected chi connectivity index (χ0v) is 24.2. The van der Waals surface area contributed by atoms with Crippen LogP contribution in [0.25, 0.3) is 89.1 Å². The molecule has 47 heavy (non-hydrogen) atoms. The van der Waals surface area contributed by atoms with Crippen molar-refractivity contribution >= 4 is 32.7 Å². The van der Waals surface area contributed by atoms with Gasteiger partial charge in [-0.1, -0.05) is 133 Å². The molecular formula is C43H27N3O. The minimum atomic E-state index is -0.624. The van der Waals surface area contributed by atoms with E-state index < -0.39 is 78.6 Å². The molecule has 220 valence electrons. The van der Waals surface area contributed by atoms with Gasteiger partial charge in [-0.25, -0.2) is 15.0 Å². The standard InChI is InChI=1S/C43H27N3O/c1-4-12-28(13-5-1)32-22-20-30-21-23-33(25-34(30)24-32)42-44-41(31-16-8-3-9-17-31)45-43(46-42)37-26-35(29-14-6-2-7-15-29)27-39-40(37)36-18-10-11-19-38(36)47-39/h1-27H/i1D,2D,3D,4D,5D,6D,7D,8D,9D,12D,13D,14D,15D,16D,17D. The van der Waals surface area contributed by atoms with Gasteiger partial charge in [0.05, 0.1) is 20.6 Å². The summed E-state index contributed by atoms with van der Waals surface area (Å²) < 4.78 is 133. The quantitative estimate of drug-likeness (QED) is 0.193. The van der Waals surface area contributed by atoms with E-state index in [4.69, 9.17) is 34.9 Å². The van der Waals surface area contributed by atoms with E-state index >= 15 is 0 Å². The topological polar surface area (TPSA) is 51.8 Å². The Balaban J connectivity index is 1.35. The van der Waals surface area contributed by atoms with Gasteiger partial charge >= 0.3 is 0 Å². The molecule has 0 amide bonds. The summed E-state index contributed by atoms with van der Waals surface area (Å²) in [6.07, 6.45) is 0. The Kier molecular flexibility index (Phi) is 3.75. The molecule has 0 saturated carbocycles. The van der Waals surface area contributed by atoms with Crippen LogP contribution in [-0.2, 0) is 0 Å². The molecule has 0 unspecified atom stereocenters. The fourth-order valence-electron chi connectivity index (χ4n) is 5.60. The Morgan fingerprint density at radius 1 is 0.426 bits per heavy atom. The van der Waals surface area contributed by atoms with Crippen molar-refractivity contribution in [1.29, 1.82) is 0 Å². The van der Waals surface area contributed by atoms with Crippen LogP contribution in [-0.4, -0.2) is 15.0 Å². The van der Waals surface area contributed by atoms with Crippen molar-refractivity contribution in [2.24, 2.45) is 0 Å². The second-order valence-electron chi connectivity index (χ2n) is 10.6. The highest BCUT2D eigenvalue weighted by molar-refractivity contribution is 6.13. The maximum absolute atomic E-state index is 8.83. The highest BCUT2D eigenvalue weighted by Crippen LogP contribution is 2.40. The van der Waals surface area contributed by atoms with Gasteiger partial charge in [-0.05, 0) is 63.4 Å². The van der Waals surface area contributed by atoms with Gasteiger partial charge in [0.25, 0.3) is 0 Å². The molecule has 4 nitrogen and oxygen atoms in total. The van der Waals surface area contributed by atoms with Gasteiger partial charge in [0.1, 0.15) is 11.2 Å². The number of aromatic nitrogens is 3. The van der Waals surface area contributed by atoms with Crippen LogP contribution in [0.4, 0.5) is 0 Å². The minimum Gasteiger partial charge on any atom is -0.456 e. The van der Waals surface area contributed by atoms with Crippen molar-refractivity contribution in [1.82, 2.24) is 15.0 Å². The lowest BCUT2D eigenvalue weighted by molar-refractivity contribution is 0.669. The molecule has 0 fully saturated rings. The van der Waals surface area contributed by atoms with Crippen molar-refractivity contribution in [3.8, 4) is 56.4 Å². The van der Waals surface area contributed by atoms with Gasteiger partial charge in [-0.3, -0.25) is 0 Å². The van der Waals surface area contributed by atoms with Gasteiger partial charge < -0.3 is 4.42 Å². The van der Waals surface area contributed by atoms with E-state index in [1.807, 2.05) is 0 Å². The van der Waals surface area contributed by atoms with Crippen LogP contribution >= 0.6 is 0 Å². The summed E-state index contributed by atoms with van der Waals surface area (Å²) in [6.45, 7) is 0. The summed E-state index contributed by atoms with van der Waals surface area (Å²) in [5.74, 6) is -0.374. The molecular weight excluding hydrogens is 574 g/mol. The Labute approximate surface area is 292 Å². The minimum absolute atomic E-state index is 0.00424.